The molecule has 1 amide bonds. The number of benzene rings is 9. The van der Waals surface area contributed by atoms with Gasteiger partial charge in [-0.05, 0) is 57.0 Å². The molecule has 0 unspecified atom stereocenters. The quantitative estimate of drug-likeness (QED) is 0.0175. The number of carbonyl (C=O) groups is 1. The molecule has 0 aliphatic carbocycles. The van der Waals surface area contributed by atoms with Crippen molar-refractivity contribution < 1.29 is 145 Å². The minimum absolute atomic E-state index is 0.00382. The van der Waals surface area contributed by atoms with Crippen molar-refractivity contribution in [3.8, 4) is 0 Å². The lowest BCUT2D eigenvalue weighted by molar-refractivity contribution is -0.398. The van der Waals surface area contributed by atoms with Gasteiger partial charge in [0.2, 0.25) is 5.91 Å². The molecule has 0 bridgehead atoms. The van der Waals surface area contributed by atoms with Crippen LogP contribution in [-0.4, -0.2) is 232 Å². The summed E-state index contributed by atoms with van der Waals surface area (Å²) in [7, 11) is -11.0. The molecule has 0 spiro atoms. The lowest BCUT2D eigenvalue weighted by Gasteiger charge is -2.53. The van der Waals surface area contributed by atoms with E-state index >= 15 is 0 Å². The number of aliphatic hydroxyl groups is 4. The molecule has 692 valence electrons. The largest absolute Gasteiger partial charge is 0.397 e. The van der Waals surface area contributed by atoms with Gasteiger partial charge in [0.15, 0.2) is 31.5 Å². The highest BCUT2D eigenvalue weighted by molar-refractivity contribution is 7.81. The number of nitrogens with one attached hydrogen (secondary N) is 1. The van der Waals surface area contributed by atoms with Gasteiger partial charge in [-0.25, -0.2) is 8.37 Å². The second-order valence-electron chi connectivity index (χ2n) is 31.8. The predicted octanol–water partition coefficient (Wildman–Crippen LogP) is 8.92. The van der Waals surface area contributed by atoms with E-state index in [1.165, 1.54) is 6.92 Å². The maximum absolute atomic E-state index is 14.8. The molecular formula is C95H109NO31S2. The Balaban J connectivity index is 0.923. The van der Waals surface area contributed by atoms with Crippen LogP contribution in [0.4, 0.5) is 0 Å². The summed E-state index contributed by atoms with van der Waals surface area (Å²) in [6.07, 6.45) is -41.0. The predicted molar refractivity (Wildman–Crippen MR) is 459 cm³/mol. The summed E-state index contributed by atoms with van der Waals surface area (Å²) < 4.78 is 206. The summed E-state index contributed by atoms with van der Waals surface area (Å²) in [6.45, 7) is -0.122. The van der Waals surface area contributed by atoms with Crippen molar-refractivity contribution in [3.63, 3.8) is 0 Å². The van der Waals surface area contributed by atoms with Gasteiger partial charge in [-0.1, -0.05) is 273 Å². The number of hydrogen-bond acceptors (Lipinski definition) is 29. The van der Waals surface area contributed by atoms with Gasteiger partial charge >= 0.3 is 20.8 Å². The first-order chi connectivity index (χ1) is 62.6. The van der Waals surface area contributed by atoms with E-state index in [2.05, 4.69) is 9.50 Å². The molecule has 5 aliphatic heterocycles. The minimum atomic E-state index is -5.65. The Bertz CT molecular complexity index is 5020. The van der Waals surface area contributed by atoms with E-state index in [1.54, 1.807) is 61.5 Å². The molecule has 0 aromatic heterocycles. The van der Waals surface area contributed by atoms with Crippen LogP contribution in [0.2, 0.25) is 0 Å². The molecule has 14 rings (SSSR count). The molecule has 5 aliphatic rings. The average molecular weight is 1830 g/mol. The number of hydrogen-bond donors (Lipinski definition) is 7. The summed E-state index contributed by atoms with van der Waals surface area (Å²) in [5, 5.41) is 53.5. The van der Waals surface area contributed by atoms with Crippen LogP contribution >= 0.6 is 0 Å². The summed E-state index contributed by atoms with van der Waals surface area (Å²) in [6, 6.07) is 81.1. The SMILES string of the molecule is CC(=O)N[C@H]1[C@H](O[C@H]2[C@@H](O)[C@@H](COCc3ccccc3)O[C@@H](O[C@H]3[C@H](OCc4ccccc4)[C@@H](OCc4ccccc4)[C@H](O)O[C@@H]3COCc3ccccc3)[C@@H]2OCc2ccccc2)O[C@H](COCc2ccccc2)[C@@H](O[C@@H]2O[C@H](COS(=O)(=O)O)[C@H](O)[C@H](OS(=O)(=O)O)[C@H]2O)[C@@H]1O[C@@H]1O[C@@H](C)[C@@H](OCc2ccccc2)[C@@H](OCc2ccccc2)[C@@H]1OCc1ccccc1. The molecule has 7 N–H and O–H groups in total. The van der Waals surface area contributed by atoms with E-state index in [9.17, 15) is 51.2 Å². The Labute approximate surface area is 749 Å². The van der Waals surface area contributed by atoms with E-state index in [4.69, 9.17) is 89.4 Å². The third-order valence-corrected chi connectivity index (χ3v) is 23.2. The van der Waals surface area contributed by atoms with E-state index in [1.807, 2.05) is 218 Å². The van der Waals surface area contributed by atoms with Crippen molar-refractivity contribution in [2.45, 2.75) is 227 Å². The fourth-order valence-electron chi connectivity index (χ4n) is 16.0. The second-order valence-corrected chi connectivity index (χ2v) is 33.9. The molecular weight excluding hydrogens is 1720 g/mol. The van der Waals surface area contributed by atoms with Gasteiger partial charge in [-0.3, -0.25) is 13.9 Å². The van der Waals surface area contributed by atoms with Gasteiger partial charge in [0.1, 0.15) is 116 Å². The van der Waals surface area contributed by atoms with Gasteiger partial charge in [0, 0.05) is 6.92 Å². The van der Waals surface area contributed by atoms with Crippen molar-refractivity contribution in [1.29, 1.82) is 0 Å². The van der Waals surface area contributed by atoms with Crippen molar-refractivity contribution in [1.82, 2.24) is 5.32 Å². The van der Waals surface area contributed by atoms with Crippen LogP contribution < -0.4 is 5.32 Å². The van der Waals surface area contributed by atoms with Crippen LogP contribution in [0.25, 0.3) is 0 Å². The monoisotopic (exact) mass is 1820 g/mol. The van der Waals surface area contributed by atoms with Gasteiger partial charge in [-0.15, -0.1) is 0 Å². The van der Waals surface area contributed by atoms with Crippen molar-refractivity contribution in [3.05, 3.63) is 323 Å². The first-order valence-corrected chi connectivity index (χ1v) is 45.3. The standard InChI is InChI=1S/C95H109NO31S2/c1-61-80(111-51-66-36-18-6-19-37-66)86(112-52-67-38-20-7-21-39-67)90(116-56-71-46-28-11-29-47-71)94(118-61)125-83-76(96-62(2)97)92(122-75(59-110-50-65-34-16-5-17-35-65)81(83)123-93-79(100)84(127-129(105,106)107)77(98)73(120-93)60-117-128(102,103)104)126-85-78(99)72(57-108-48-63-30-12-3-13-31-63)121-95(89(85)115-55-70-44-26-10-27-45-70)124-82-74(58-109-49-64-32-14-4-15-33-64)119-91(101)88(114-54-69-42-24-9-25-43-69)87(82)113-53-68-40-22-8-23-41-68/h3-47,61,72-95,98-101H,48-60H2,1-2H3,(H,96,97)(H,102,103,104)(H,105,106,107)/t61-,72+,73+,74+,75+,76+,77-,78-,79+,80+,81+,82+,83+,84-,85-,86+,87-,88+,89+,90-,91+,92-,93-,94-,95-/m0/s1. The molecule has 0 saturated carbocycles. The first-order valence-electron chi connectivity index (χ1n) is 42.5. The number of ether oxygens (including phenoxy) is 18. The third-order valence-electron chi connectivity index (χ3n) is 22.3. The highest BCUT2D eigenvalue weighted by Gasteiger charge is 2.60. The molecule has 5 fully saturated rings. The minimum Gasteiger partial charge on any atom is -0.387 e. The van der Waals surface area contributed by atoms with E-state index in [0.717, 1.165) is 33.4 Å². The molecule has 9 aromatic rings. The zero-order valence-corrected chi connectivity index (χ0v) is 72.4. The first kappa shape index (κ1) is 96.4. The molecule has 9 aromatic carbocycles. The summed E-state index contributed by atoms with van der Waals surface area (Å²) in [4.78, 5) is 14.8. The van der Waals surface area contributed by atoms with Crippen LogP contribution in [0.5, 0.6) is 0 Å². The molecule has 25 atom stereocenters. The smallest absolute Gasteiger partial charge is 0.387 e. The van der Waals surface area contributed by atoms with E-state index < -0.39 is 193 Å². The van der Waals surface area contributed by atoms with Gasteiger partial charge < -0.3 is 111 Å². The molecule has 129 heavy (non-hydrogen) atoms. The van der Waals surface area contributed by atoms with Crippen molar-refractivity contribution in [2.75, 3.05) is 26.4 Å². The third kappa shape index (κ3) is 28.0. The van der Waals surface area contributed by atoms with Gasteiger partial charge in [0.05, 0.1) is 92.0 Å². The molecule has 0 radical (unpaired) electrons. The molecule has 5 saturated heterocycles. The fraction of sp³-hybridized carbons (Fsp3) is 0.421. The highest BCUT2D eigenvalue weighted by atomic mass is 32.3. The maximum Gasteiger partial charge on any atom is 0.397 e. The van der Waals surface area contributed by atoms with Crippen molar-refractivity contribution in [2.24, 2.45) is 0 Å². The Morgan fingerprint density at radius 2 is 0.597 bits per heavy atom. The fourth-order valence-corrected chi connectivity index (χ4v) is 16.8. The summed E-state index contributed by atoms with van der Waals surface area (Å²) in [5.74, 6) is -0.791. The maximum atomic E-state index is 14.8. The van der Waals surface area contributed by atoms with Gasteiger partial charge in [-0.2, -0.15) is 16.8 Å². The molecule has 32 nitrogen and oxygen atoms in total. The Morgan fingerprint density at radius 3 is 1.00 bits per heavy atom. The lowest BCUT2D eigenvalue weighted by atomic mass is 9.93. The normalized spacial score (nSPS) is 29.7. The zero-order valence-electron chi connectivity index (χ0n) is 70.8. The summed E-state index contributed by atoms with van der Waals surface area (Å²) >= 11 is 0. The number of rotatable bonds is 44. The van der Waals surface area contributed by atoms with Crippen molar-refractivity contribution >= 4 is 26.7 Å². The van der Waals surface area contributed by atoms with Crippen LogP contribution in [0.15, 0.2) is 273 Å². The van der Waals surface area contributed by atoms with E-state index in [0.29, 0.717) is 16.7 Å². The second kappa shape index (κ2) is 47.6. The number of aliphatic hydroxyl groups excluding tert-OH is 4. The van der Waals surface area contributed by atoms with Crippen LogP contribution in [0.3, 0.4) is 0 Å². The Kier molecular flexibility index (Phi) is 35.6. The molecule has 5 heterocycles. The summed E-state index contributed by atoms with van der Waals surface area (Å²) in [5.41, 5.74) is 6.53. The Morgan fingerprint density at radius 1 is 0.302 bits per heavy atom. The molecule has 34 heteroatoms. The van der Waals surface area contributed by atoms with Crippen LogP contribution in [0, 0.1) is 0 Å². The number of carbonyl (C=O) groups excluding carboxylic acids is 1. The van der Waals surface area contributed by atoms with Gasteiger partial charge in [0.25, 0.3) is 0 Å². The van der Waals surface area contributed by atoms with E-state index in [-0.39, 0.29) is 72.7 Å². The Hall–Kier alpha value is -8.69. The highest BCUT2D eigenvalue weighted by Crippen LogP contribution is 2.42. The topological polar surface area (TPSA) is 403 Å². The lowest BCUT2D eigenvalue weighted by Crippen LogP contribution is -2.71. The number of amides is 1. The zero-order chi connectivity index (χ0) is 90.1. The average Bonchev–Trinajstić information content (AvgIpc) is 0.751. The van der Waals surface area contributed by atoms with Crippen LogP contribution in [0.1, 0.15) is 63.9 Å². The van der Waals surface area contributed by atoms with Crippen LogP contribution in [-0.2, 0) is 179 Å².